The molecule has 4 atom stereocenters. The van der Waals surface area contributed by atoms with Gasteiger partial charge in [0.15, 0.2) is 0 Å². The maximum atomic E-state index is 9.45. The second-order valence-electron chi connectivity index (χ2n) is 4.01. The number of ether oxygens (including phenoxy) is 4. The molecule has 0 aliphatic carbocycles. The van der Waals surface area contributed by atoms with Crippen LogP contribution in [0, 0.1) is 0 Å². The topological polar surface area (TPSA) is 57.2 Å². The molecule has 0 amide bonds. The van der Waals surface area contributed by atoms with Crippen molar-refractivity contribution in [3.05, 3.63) is 0 Å². The molecular formula is C10H20O5. The van der Waals surface area contributed by atoms with Crippen molar-refractivity contribution in [3.63, 3.8) is 0 Å². The van der Waals surface area contributed by atoms with Crippen LogP contribution in [-0.2, 0) is 18.9 Å². The van der Waals surface area contributed by atoms with Gasteiger partial charge >= 0.3 is 0 Å². The zero-order valence-electron chi connectivity index (χ0n) is 9.94. The molecule has 0 spiro atoms. The molecule has 0 aromatic heterocycles. The van der Waals surface area contributed by atoms with Crippen molar-refractivity contribution in [2.75, 3.05) is 20.8 Å². The first-order chi connectivity index (χ1) is 6.88. The van der Waals surface area contributed by atoms with Crippen LogP contribution in [0.2, 0.25) is 0 Å². The van der Waals surface area contributed by atoms with Crippen LogP contribution >= 0.6 is 0 Å². The van der Waals surface area contributed by atoms with Crippen molar-refractivity contribution in [2.45, 2.75) is 44.6 Å². The lowest BCUT2D eigenvalue weighted by atomic mass is 10.1. The van der Waals surface area contributed by atoms with Crippen LogP contribution in [-0.4, -0.2) is 49.7 Å². The largest absolute Gasteiger partial charge is 0.391 e. The highest BCUT2D eigenvalue weighted by atomic mass is 16.8. The summed E-state index contributed by atoms with van der Waals surface area (Å²) in [4.78, 5) is 0. The summed E-state index contributed by atoms with van der Waals surface area (Å²) in [6.45, 7) is 5.40. The average Bonchev–Trinajstić information content (AvgIpc) is 2.22. The van der Waals surface area contributed by atoms with Gasteiger partial charge in [0.2, 0.25) is 11.6 Å². The highest BCUT2D eigenvalue weighted by Gasteiger charge is 2.54. The first kappa shape index (κ1) is 12.9. The van der Waals surface area contributed by atoms with Gasteiger partial charge in [-0.05, 0) is 20.8 Å². The monoisotopic (exact) mass is 220 g/mol. The number of hydrogen-bond donors (Lipinski definition) is 1. The van der Waals surface area contributed by atoms with Crippen molar-refractivity contribution in [1.29, 1.82) is 0 Å². The average molecular weight is 220 g/mol. The predicted octanol–water partition coefficient (Wildman–Crippen LogP) is 0.508. The van der Waals surface area contributed by atoms with Crippen LogP contribution in [0.4, 0.5) is 0 Å². The Morgan fingerprint density at radius 3 is 2.20 bits per heavy atom. The Balaban J connectivity index is 2.84. The summed E-state index contributed by atoms with van der Waals surface area (Å²) >= 11 is 0. The van der Waals surface area contributed by atoms with Gasteiger partial charge in [-0.25, -0.2) is 0 Å². The van der Waals surface area contributed by atoms with E-state index in [9.17, 15) is 5.11 Å². The molecule has 1 fully saturated rings. The zero-order valence-corrected chi connectivity index (χ0v) is 9.94. The summed E-state index contributed by atoms with van der Waals surface area (Å²) in [7, 11) is 3.05. The Hall–Kier alpha value is -0.200. The fraction of sp³-hybridized carbons (Fsp3) is 1.00. The first-order valence-corrected chi connectivity index (χ1v) is 4.98. The van der Waals surface area contributed by atoms with E-state index in [1.54, 1.807) is 20.8 Å². The lowest BCUT2D eigenvalue weighted by Gasteiger charge is -2.49. The minimum atomic E-state index is -1.03. The molecule has 5 nitrogen and oxygen atoms in total. The Morgan fingerprint density at radius 2 is 1.80 bits per heavy atom. The molecule has 0 bridgehead atoms. The van der Waals surface area contributed by atoms with Gasteiger partial charge in [-0.3, -0.25) is 0 Å². The number of rotatable bonds is 3. The lowest BCUT2D eigenvalue weighted by Crippen LogP contribution is -2.63. The highest BCUT2D eigenvalue weighted by Crippen LogP contribution is 2.36. The van der Waals surface area contributed by atoms with Crippen LogP contribution < -0.4 is 0 Å². The molecule has 0 aromatic rings. The minimum Gasteiger partial charge on any atom is -0.391 e. The Labute approximate surface area is 90.3 Å². The quantitative estimate of drug-likeness (QED) is 0.751. The van der Waals surface area contributed by atoms with Gasteiger partial charge < -0.3 is 24.1 Å². The fourth-order valence-corrected chi connectivity index (χ4v) is 1.52. The van der Waals surface area contributed by atoms with Gasteiger partial charge in [0, 0.05) is 14.2 Å². The molecular weight excluding hydrogens is 200 g/mol. The Bertz CT molecular complexity index is 220. The normalized spacial score (nSPS) is 44.0. The van der Waals surface area contributed by atoms with Gasteiger partial charge in [0.25, 0.3) is 0 Å². The summed E-state index contributed by atoms with van der Waals surface area (Å²) in [5, 5.41) is 9.45. The van der Waals surface area contributed by atoms with E-state index in [4.69, 9.17) is 18.9 Å². The minimum absolute atomic E-state index is 0.279. The van der Waals surface area contributed by atoms with Crippen LogP contribution in [0.25, 0.3) is 0 Å². The van der Waals surface area contributed by atoms with E-state index in [0.717, 1.165) is 0 Å². The van der Waals surface area contributed by atoms with E-state index >= 15 is 0 Å². The molecule has 1 aliphatic heterocycles. The van der Waals surface area contributed by atoms with Crippen molar-refractivity contribution < 1.29 is 24.1 Å². The molecule has 1 saturated heterocycles. The first-order valence-electron chi connectivity index (χ1n) is 4.98. The summed E-state index contributed by atoms with van der Waals surface area (Å²) in [6.07, 6.45) is -1.01. The second-order valence-corrected chi connectivity index (χ2v) is 4.01. The summed E-state index contributed by atoms with van der Waals surface area (Å²) in [6, 6.07) is 0. The molecule has 5 heteroatoms. The maximum absolute atomic E-state index is 9.45. The number of hydrogen-bond acceptors (Lipinski definition) is 5. The van der Waals surface area contributed by atoms with Crippen LogP contribution in [0.15, 0.2) is 0 Å². The molecule has 0 aromatic carbocycles. The number of aliphatic hydroxyl groups excluding tert-OH is 1. The van der Waals surface area contributed by atoms with Crippen molar-refractivity contribution in [3.8, 4) is 0 Å². The summed E-state index contributed by atoms with van der Waals surface area (Å²) in [5.74, 6) is -1.99. The van der Waals surface area contributed by atoms with Crippen LogP contribution in [0.5, 0.6) is 0 Å². The van der Waals surface area contributed by atoms with E-state index < -0.39 is 23.8 Å². The standard InChI is InChI=1S/C10H20O5/c1-7(11)8-6-14-9(2,12-4)10(3,13-5)15-8/h7-8,11H,6H2,1-5H3/t7-,8+,9-,10-/m1/s1. The SMILES string of the molecule is CO[C@]1(C)OC[C@@H]([C@@H](C)O)O[C@@]1(C)OC. The van der Waals surface area contributed by atoms with E-state index in [1.165, 1.54) is 14.2 Å². The van der Waals surface area contributed by atoms with Crippen molar-refractivity contribution in [1.82, 2.24) is 0 Å². The van der Waals surface area contributed by atoms with E-state index in [0.29, 0.717) is 0 Å². The van der Waals surface area contributed by atoms with Crippen LogP contribution in [0.1, 0.15) is 20.8 Å². The molecule has 1 rings (SSSR count). The molecule has 0 radical (unpaired) electrons. The third-order valence-electron chi connectivity index (χ3n) is 3.04. The van der Waals surface area contributed by atoms with E-state index in [1.807, 2.05) is 0 Å². The number of methoxy groups -OCH3 is 2. The molecule has 0 unspecified atom stereocenters. The smallest absolute Gasteiger partial charge is 0.220 e. The maximum Gasteiger partial charge on any atom is 0.220 e. The summed E-state index contributed by atoms with van der Waals surface area (Å²) < 4.78 is 21.8. The van der Waals surface area contributed by atoms with Crippen LogP contribution in [0.3, 0.4) is 0 Å². The molecule has 1 N–H and O–H groups in total. The molecule has 0 saturated carbocycles. The molecule has 15 heavy (non-hydrogen) atoms. The van der Waals surface area contributed by atoms with Gasteiger partial charge in [-0.1, -0.05) is 0 Å². The van der Waals surface area contributed by atoms with Gasteiger partial charge in [0.05, 0.1) is 12.7 Å². The zero-order chi connectivity index (χ0) is 11.7. The molecule has 1 heterocycles. The Morgan fingerprint density at radius 1 is 1.27 bits per heavy atom. The Kier molecular flexibility index (Phi) is 3.73. The van der Waals surface area contributed by atoms with Gasteiger partial charge in [0.1, 0.15) is 6.10 Å². The third-order valence-corrected chi connectivity index (χ3v) is 3.04. The van der Waals surface area contributed by atoms with E-state index in [2.05, 4.69) is 0 Å². The molecule has 1 aliphatic rings. The van der Waals surface area contributed by atoms with Crippen molar-refractivity contribution in [2.24, 2.45) is 0 Å². The second kappa shape index (κ2) is 4.35. The highest BCUT2D eigenvalue weighted by molar-refractivity contribution is 4.87. The van der Waals surface area contributed by atoms with E-state index in [-0.39, 0.29) is 6.61 Å². The third kappa shape index (κ3) is 2.16. The predicted molar refractivity (Wildman–Crippen MR) is 53.3 cm³/mol. The summed E-state index contributed by atoms with van der Waals surface area (Å²) in [5.41, 5.74) is 0. The number of aliphatic hydroxyl groups is 1. The van der Waals surface area contributed by atoms with Gasteiger partial charge in [-0.15, -0.1) is 0 Å². The fourth-order valence-electron chi connectivity index (χ4n) is 1.52. The lowest BCUT2D eigenvalue weighted by molar-refractivity contribution is -0.436. The van der Waals surface area contributed by atoms with Crippen molar-refractivity contribution >= 4 is 0 Å². The molecule has 90 valence electrons. The van der Waals surface area contributed by atoms with Gasteiger partial charge in [-0.2, -0.15) is 0 Å².